The highest BCUT2D eigenvalue weighted by Crippen LogP contribution is 2.29. The van der Waals surface area contributed by atoms with Gasteiger partial charge in [-0.2, -0.15) is 12.6 Å². The molecule has 0 heterocycles. The molecule has 0 unspecified atom stereocenters. The number of hydrogen-bond acceptors (Lipinski definition) is 2. The van der Waals surface area contributed by atoms with Crippen molar-refractivity contribution >= 4 is 18.3 Å². The first-order chi connectivity index (χ1) is 7.86. The van der Waals surface area contributed by atoms with Crippen LogP contribution in [-0.4, -0.2) is 12.3 Å². The van der Waals surface area contributed by atoms with Gasteiger partial charge in [-0.1, -0.05) is 32.9 Å². The van der Waals surface area contributed by atoms with E-state index in [-0.39, 0.29) is 5.41 Å². The highest BCUT2D eigenvalue weighted by atomic mass is 32.1. The van der Waals surface area contributed by atoms with Gasteiger partial charge >= 0.3 is 0 Å². The minimum atomic E-state index is 0.221. The number of anilines is 1. The van der Waals surface area contributed by atoms with Crippen LogP contribution in [0.15, 0.2) is 12.1 Å². The lowest BCUT2D eigenvalue weighted by Crippen LogP contribution is -2.13. The number of nitrogens with one attached hydrogen (secondary N) is 1. The Morgan fingerprint density at radius 1 is 1.12 bits per heavy atom. The van der Waals surface area contributed by atoms with Gasteiger partial charge < -0.3 is 5.32 Å². The Hall–Kier alpha value is -0.630. The van der Waals surface area contributed by atoms with Crippen molar-refractivity contribution < 1.29 is 0 Å². The first-order valence-corrected chi connectivity index (χ1v) is 6.96. The molecule has 2 heteroatoms. The van der Waals surface area contributed by atoms with Crippen molar-refractivity contribution in [1.82, 2.24) is 0 Å². The molecule has 1 nitrogen and oxygen atoms in total. The number of rotatable bonds is 4. The molecule has 0 bridgehead atoms. The van der Waals surface area contributed by atoms with Gasteiger partial charge in [0.2, 0.25) is 0 Å². The van der Waals surface area contributed by atoms with Crippen molar-refractivity contribution in [1.29, 1.82) is 0 Å². The molecule has 0 saturated carbocycles. The molecule has 1 N–H and O–H groups in total. The fraction of sp³-hybridized carbons (Fsp3) is 0.600. The maximum Gasteiger partial charge on any atom is 0.0399 e. The molecule has 0 spiro atoms. The van der Waals surface area contributed by atoms with Gasteiger partial charge in [-0.15, -0.1) is 0 Å². The van der Waals surface area contributed by atoms with Crippen LogP contribution in [0.25, 0.3) is 0 Å². The molecule has 0 fully saturated rings. The van der Waals surface area contributed by atoms with E-state index in [1.54, 1.807) is 0 Å². The van der Waals surface area contributed by atoms with Gasteiger partial charge in [-0.3, -0.25) is 0 Å². The topological polar surface area (TPSA) is 12.0 Å². The summed E-state index contributed by atoms with van der Waals surface area (Å²) in [6.07, 6.45) is 1.10. The Kier molecular flexibility index (Phi) is 4.93. The summed E-state index contributed by atoms with van der Waals surface area (Å²) >= 11 is 4.23. The highest BCUT2D eigenvalue weighted by Gasteiger charge is 2.15. The van der Waals surface area contributed by atoms with E-state index in [0.717, 1.165) is 18.7 Å². The van der Waals surface area contributed by atoms with E-state index in [2.05, 4.69) is 64.7 Å². The standard InChI is InChI=1S/C15H25NS/c1-11-9-13(15(3,4)5)10-12(2)14(11)16-7-6-8-17/h9-10,16-17H,6-8H2,1-5H3. The van der Waals surface area contributed by atoms with Crippen LogP contribution < -0.4 is 5.32 Å². The Balaban J connectivity index is 2.95. The predicted octanol–water partition coefficient (Wildman–Crippen LogP) is 4.33. The van der Waals surface area contributed by atoms with Crippen LogP contribution in [0, 0.1) is 13.8 Å². The number of hydrogen-bond donors (Lipinski definition) is 2. The molecule has 0 aromatic heterocycles. The zero-order valence-corrected chi connectivity index (χ0v) is 12.6. The predicted molar refractivity (Wildman–Crippen MR) is 81.6 cm³/mol. The minimum absolute atomic E-state index is 0.221. The molecule has 1 aromatic rings. The van der Waals surface area contributed by atoms with Crippen LogP contribution in [0.5, 0.6) is 0 Å². The van der Waals surface area contributed by atoms with Crippen LogP contribution in [-0.2, 0) is 5.41 Å². The van der Waals surface area contributed by atoms with Gasteiger partial charge in [0.25, 0.3) is 0 Å². The summed E-state index contributed by atoms with van der Waals surface area (Å²) in [5.41, 5.74) is 5.61. The molecule has 0 atom stereocenters. The van der Waals surface area contributed by atoms with Gasteiger partial charge in [0.15, 0.2) is 0 Å². The van der Waals surface area contributed by atoms with E-state index in [1.807, 2.05) is 0 Å². The van der Waals surface area contributed by atoms with E-state index in [4.69, 9.17) is 0 Å². The van der Waals surface area contributed by atoms with Crippen molar-refractivity contribution in [3.63, 3.8) is 0 Å². The molecule has 0 aliphatic rings. The maximum atomic E-state index is 4.23. The molecule has 0 radical (unpaired) electrons. The molecule has 17 heavy (non-hydrogen) atoms. The zero-order chi connectivity index (χ0) is 13.1. The third-order valence-corrected chi connectivity index (χ3v) is 3.35. The van der Waals surface area contributed by atoms with E-state index >= 15 is 0 Å². The molecule has 0 aliphatic carbocycles. The molecule has 0 saturated heterocycles. The lowest BCUT2D eigenvalue weighted by atomic mass is 9.85. The van der Waals surface area contributed by atoms with Crippen molar-refractivity contribution in [2.24, 2.45) is 0 Å². The summed E-state index contributed by atoms with van der Waals surface area (Å²) in [6.45, 7) is 12.1. The molecular formula is C15H25NS. The Morgan fingerprint density at radius 2 is 1.65 bits per heavy atom. The van der Waals surface area contributed by atoms with Crippen LogP contribution in [0.4, 0.5) is 5.69 Å². The van der Waals surface area contributed by atoms with E-state index in [1.165, 1.54) is 22.4 Å². The summed E-state index contributed by atoms with van der Waals surface area (Å²) in [6, 6.07) is 4.60. The second kappa shape index (κ2) is 5.81. The van der Waals surface area contributed by atoms with Gasteiger partial charge in [-0.25, -0.2) is 0 Å². The first-order valence-electron chi connectivity index (χ1n) is 6.32. The number of aryl methyl sites for hydroxylation is 2. The van der Waals surface area contributed by atoms with Crippen molar-refractivity contribution in [2.45, 2.75) is 46.5 Å². The van der Waals surface area contributed by atoms with Crippen molar-refractivity contribution in [3.05, 3.63) is 28.8 Å². The van der Waals surface area contributed by atoms with E-state index < -0.39 is 0 Å². The fourth-order valence-electron chi connectivity index (χ4n) is 1.97. The highest BCUT2D eigenvalue weighted by molar-refractivity contribution is 7.80. The summed E-state index contributed by atoms with van der Waals surface area (Å²) in [7, 11) is 0. The number of thiol groups is 1. The molecule has 0 amide bonds. The normalized spacial score (nSPS) is 11.6. The van der Waals surface area contributed by atoms with Crippen LogP contribution >= 0.6 is 12.6 Å². The number of benzene rings is 1. The average Bonchev–Trinajstić information content (AvgIpc) is 2.20. The smallest absolute Gasteiger partial charge is 0.0399 e. The SMILES string of the molecule is Cc1cc(C(C)(C)C)cc(C)c1NCCCS. The largest absolute Gasteiger partial charge is 0.385 e. The third kappa shape index (κ3) is 3.95. The average molecular weight is 251 g/mol. The second-order valence-corrected chi connectivity index (χ2v) is 6.19. The third-order valence-electron chi connectivity index (χ3n) is 3.04. The van der Waals surface area contributed by atoms with Crippen LogP contribution in [0.2, 0.25) is 0 Å². The Morgan fingerprint density at radius 3 is 2.06 bits per heavy atom. The van der Waals surface area contributed by atoms with Crippen LogP contribution in [0.3, 0.4) is 0 Å². The lowest BCUT2D eigenvalue weighted by molar-refractivity contribution is 0.589. The quantitative estimate of drug-likeness (QED) is 0.599. The molecule has 1 aromatic carbocycles. The van der Waals surface area contributed by atoms with Crippen molar-refractivity contribution in [3.8, 4) is 0 Å². The van der Waals surface area contributed by atoms with Crippen molar-refractivity contribution in [2.75, 3.05) is 17.6 Å². The van der Waals surface area contributed by atoms with Gasteiger partial charge in [0.05, 0.1) is 0 Å². The maximum absolute atomic E-state index is 4.23. The van der Waals surface area contributed by atoms with Gasteiger partial charge in [0.1, 0.15) is 0 Å². The van der Waals surface area contributed by atoms with Gasteiger partial charge in [-0.05, 0) is 48.1 Å². The molecule has 1 rings (SSSR count). The Labute approximate surface area is 111 Å². The molecular weight excluding hydrogens is 226 g/mol. The molecule has 96 valence electrons. The summed E-state index contributed by atoms with van der Waals surface area (Å²) in [5.74, 6) is 0.936. The van der Waals surface area contributed by atoms with E-state index in [9.17, 15) is 0 Å². The fourth-order valence-corrected chi connectivity index (χ4v) is 2.13. The zero-order valence-electron chi connectivity index (χ0n) is 11.7. The van der Waals surface area contributed by atoms with Crippen LogP contribution in [0.1, 0.15) is 43.9 Å². The second-order valence-electron chi connectivity index (χ2n) is 5.74. The summed E-state index contributed by atoms with van der Waals surface area (Å²) < 4.78 is 0. The van der Waals surface area contributed by atoms with Gasteiger partial charge in [0, 0.05) is 12.2 Å². The Bertz CT molecular complexity index is 354. The monoisotopic (exact) mass is 251 g/mol. The molecule has 0 aliphatic heterocycles. The lowest BCUT2D eigenvalue weighted by Gasteiger charge is -2.22. The first kappa shape index (κ1) is 14.4. The van der Waals surface area contributed by atoms with E-state index in [0.29, 0.717) is 0 Å². The minimum Gasteiger partial charge on any atom is -0.385 e. The summed E-state index contributed by atoms with van der Waals surface area (Å²) in [5, 5.41) is 3.51. The summed E-state index contributed by atoms with van der Waals surface area (Å²) in [4.78, 5) is 0.